The number of benzene rings is 3. The topological polar surface area (TPSA) is 127 Å². The lowest BCUT2D eigenvalue weighted by atomic mass is 9.80. The fourth-order valence-corrected chi connectivity index (χ4v) is 6.08. The number of unbranched alkanes of at least 4 members (excludes halogenated alkanes) is 1. The largest absolute Gasteiger partial charge is 0.497 e. The van der Waals surface area contributed by atoms with Gasteiger partial charge in [0.25, 0.3) is 5.56 Å². The van der Waals surface area contributed by atoms with Crippen molar-refractivity contribution >= 4 is 5.97 Å². The molecule has 4 atom stereocenters. The number of nitrogens with zero attached hydrogens (tertiary/aromatic N) is 1. The summed E-state index contributed by atoms with van der Waals surface area (Å²) in [5, 5.41) is 0. The number of aryl methyl sites for hydroxylation is 1. The molecular weight excluding hydrogens is 628 g/mol. The normalized spacial score (nSPS) is 18.9. The molecule has 0 unspecified atom stereocenters. The Balaban J connectivity index is 1.61. The third-order valence-corrected chi connectivity index (χ3v) is 8.51. The zero-order valence-corrected chi connectivity index (χ0v) is 28.1. The molecule has 0 spiro atoms. The number of aromatic nitrogens is 2. The quantitative estimate of drug-likeness (QED) is 0.0800. The highest BCUT2D eigenvalue weighted by Gasteiger charge is 2.50. The van der Waals surface area contributed by atoms with Crippen molar-refractivity contribution in [3.63, 3.8) is 0 Å². The average Bonchev–Trinajstić information content (AvgIpc) is 3.45. The number of esters is 1. The zero-order valence-electron chi connectivity index (χ0n) is 28.1. The molecule has 1 aliphatic rings. The number of H-pyrrole nitrogens is 1. The van der Waals surface area contributed by atoms with Crippen molar-refractivity contribution in [2.45, 2.75) is 56.8 Å². The first-order valence-electron chi connectivity index (χ1n) is 16.1. The molecule has 1 aromatic heterocycles. The van der Waals surface area contributed by atoms with Crippen LogP contribution in [0, 0.1) is 6.92 Å². The van der Waals surface area contributed by atoms with Crippen molar-refractivity contribution in [1.82, 2.24) is 9.55 Å². The Bertz CT molecular complexity index is 1770. The van der Waals surface area contributed by atoms with E-state index >= 15 is 0 Å². The summed E-state index contributed by atoms with van der Waals surface area (Å²) >= 11 is 0. The van der Waals surface area contributed by atoms with Crippen LogP contribution in [0.5, 0.6) is 11.5 Å². The number of hydrogen-bond donors (Lipinski definition) is 1. The number of allylic oxidation sites excluding steroid dienone is 1. The van der Waals surface area contributed by atoms with Crippen LogP contribution < -0.4 is 20.7 Å². The number of carbonyl (C=O) groups is 1. The SMILES string of the molecule is C=CCCCO[C@@H]1[C@H](OC(C)=O)[C@@H](COC(c2ccccc2)(c2ccc(OC)cc2)c2ccc(OC)cc2)O[C@H]1n1cc(C)c(=O)[nH]c1=O. The first-order valence-corrected chi connectivity index (χ1v) is 16.1. The van der Waals surface area contributed by atoms with Crippen LogP contribution in [-0.2, 0) is 29.3 Å². The Hall–Kier alpha value is -4.97. The van der Waals surface area contributed by atoms with Crippen molar-refractivity contribution in [2.24, 2.45) is 0 Å². The van der Waals surface area contributed by atoms with E-state index in [0.717, 1.165) is 16.7 Å². The molecule has 11 heteroatoms. The van der Waals surface area contributed by atoms with Crippen LogP contribution in [0.15, 0.2) is 107 Å². The second kappa shape index (κ2) is 16.0. The van der Waals surface area contributed by atoms with Gasteiger partial charge in [-0.15, -0.1) is 6.58 Å². The Morgan fingerprint density at radius 3 is 2.06 bits per heavy atom. The fourth-order valence-electron chi connectivity index (χ4n) is 6.08. The number of methoxy groups -OCH3 is 2. The van der Waals surface area contributed by atoms with Gasteiger partial charge in [0.2, 0.25) is 0 Å². The van der Waals surface area contributed by atoms with Crippen LogP contribution >= 0.6 is 0 Å². The van der Waals surface area contributed by atoms with Gasteiger partial charge in [0.1, 0.15) is 29.3 Å². The molecule has 11 nitrogen and oxygen atoms in total. The fraction of sp³-hybridized carbons (Fsp3) is 0.342. The van der Waals surface area contributed by atoms with Gasteiger partial charge in [-0.1, -0.05) is 60.7 Å². The number of ether oxygens (including phenoxy) is 6. The molecule has 0 saturated carbocycles. The molecule has 258 valence electrons. The van der Waals surface area contributed by atoms with Crippen LogP contribution in [0.2, 0.25) is 0 Å². The average molecular weight is 671 g/mol. The van der Waals surface area contributed by atoms with E-state index in [9.17, 15) is 14.4 Å². The third kappa shape index (κ3) is 7.69. The minimum atomic E-state index is -1.19. The van der Waals surface area contributed by atoms with Crippen LogP contribution in [0.4, 0.5) is 0 Å². The van der Waals surface area contributed by atoms with E-state index in [4.69, 9.17) is 28.4 Å². The molecule has 1 aliphatic heterocycles. The van der Waals surface area contributed by atoms with Gasteiger partial charge < -0.3 is 28.4 Å². The molecule has 0 amide bonds. The van der Waals surface area contributed by atoms with Crippen LogP contribution in [0.1, 0.15) is 48.2 Å². The molecule has 0 aliphatic carbocycles. The Morgan fingerprint density at radius 2 is 1.51 bits per heavy atom. The summed E-state index contributed by atoms with van der Waals surface area (Å²) in [5.74, 6) is 0.800. The van der Waals surface area contributed by atoms with Crippen molar-refractivity contribution in [2.75, 3.05) is 27.4 Å². The molecule has 2 heterocycles. The van der Waals surface area contributed by atoms with E-state index in [1.807, 2.05) is 78.9 Å². The predicted molar refractivity (Wildman–Crippen MR) is 183 cm³/mol. The minimum Gasteiger partial charge on any atom is -0.497 e. The summed E-state index contributed by atoms with van der Waals surface area (Å²) in [6.07, 6.45) is 0.738. The van der Waals surface area contributed by atoms with Crippen molar-refractivity contribution in [3.05, 3.63) is 141 Å². The maximum atomic E-state index is 13.1. The standard InChI is InChI=1S/C38H42N2O9/c1-6-7-11-22-46-34-33(48-26(3)41)32(49-36(34)40-23-25(2)35(42)39-37(40)43)24-47-38(27-12-9-8-10-13-27,28-14-18-30(44-4)19-15-28)29-16-20-31(45-5)21-17-29/h6,8-10,12-21,23,32-34,36H,1,7,11,22,24H2,2-5H3,(H,39,42,43)/t32-,33-,34-,36-/m1/s1. The predicted octanol–water partition coefficient (Wildman–Crippen LogP) is 5.05. The van der Waals surface area contributed by atoms with Gasteiger partial charge >= 0.3 is 11.7 Å². The lowest BCUT2D eigenvalue weighted by molar-refractivity contribution is -0.158. The summed E-state index contributed by atoms with van der Waals surface area (Å²) < 4.78 is 38.0. The summed E-state index contributed by atoms with van der Waals surface area (Å²) in [6.45, 7) is 6.85. The van der Waals surface area contributed by atoms with E-state index in [2.05, 4.69) is 11.6 Å². The Labute approximate surface area is 285 Å². The number of carbonyl (C=O) groups excluding carboxylic acids is 1. The molecule has 1 fully saturated rings. The van der Waals surface area contributed by atoms with E-state index in [-0.39, 0.29) is 13.2 Å². The second-order valence-electron chi connectivity index (χ2n) is 11.7. The molecule has 0 bridgehead atoms. The van der Waals surface area contributed by atoms with Crippen molar-refractivity contribution < 1.29 is 33.2 Å². The maximum absolute atomic E-state index is 13.1. The zero-order chi connectivity index (χ0) is 35.0. The lowest BCUT2D eigenvalue weighted by Crippen LogP contribution is -2.43. The molecule has 0 radical (unpaired) electrons. The van der Waals surface area contributed by atoms with Crippen molar-refractivity contribution in [1.29, 1.82) is 0 Å². The monoisotopic (exact) mass is 670 g/mol. The number of aromatic amines is 1. The Kier molecular flexibility index (Phi) is 11.5. The van der Waals surface area contributed by atoms with Gasteiger partial charge in [-0.05, 0) is 60.7 Å². The summed E-state index contributed by atoms with van der Waals surface area (Å²) in [6, 6.07) is 24.9. The smallest absolute Gasteiger partial charge is 0.330 e. The third-order valence-electron chi connectivity index (χ3n) is 8.51. The number of hydrogen-bond acceptors (Lipinski definition) is 9. The van der Waals surface area contributed by atoms with E-state index in [1.54, 1.807) is 27.2 Å². The highest BCUT2D eigenvalue weighted by Crippen LogP contribution is 2.43. The van der Waals surface area contributed by atoms with E-state index in [1.165, 1.54) is 17.7 Å². The molecule has 49 heavy (non-hydrogen) atoms. The number of rotatable bonds is 15. The minimum absolute atomic E-state index is 0.0923. The summed E-state index contributed by atoms with van der Waals surface area (Å²) in [5.41, 5.74) is 0.353. The number of nitrogens with one attached hydrogen (secondary N) is 1. The first kappa shape index (κ1) is 35.3. The Morgan fingerprint density at radius 1 is 0.918 bits per heavy atom. The lowest BCUT2D eigenvalue weighted by Gasteiger charge is -2.37. The molecule has 4 aromatic rings. The van der Waals surface area contributed by atoms with Crippen LogP contribution in [0.25, 0.3) is 0 Å². The van der Waals surface area contributed by atoms with Crippen molar-refractivity contribution in [3.8, 4) is 11.5 Å². The molecular formula is C38H42N2O9. The first-order chi connectivity index (χ1) is 23.7. The summed E-state index contributed by atoms with van der Waals surface area (Å²) in [4.78, 5) is 40.2. The van der Waals surface area contributed by atoms with Gasteiger partial charge in [-0.25, -0.2) is 4.79 Å². The van der Waals surface area contributed by atoms with Gasteiger partial charge in [0, 0.05) is 25.3 Å². The molecule has 3 aromatic carbocycles. The second-order valence-corrected chi connectivity index (χ2v) is 11.7. The van der Waals surface area contributed by atoms with Gasteiger partial charge in [-0.3, -0.25) is 19.1 Å². The summed E-state index contributed by atoms with van der Waals surface area (Å²) in [7, 11) is 3.21. The molecule has 1 saturated heterocycles. The van der Waals surface area contributed by atoms with Gasteiger partial charge in [0.05, 0.1) is 20.8 Å². The highest BCUT2D eigenvalue weighted by molar-refractivity contribution is 5.66. The van der Waals surface area contributed by atoms with E-state index in [0.29, 0.717) is 29.9 Å². The highest BCUT2D eigenvalue weighted by atomic mass is 16.6. The van der Waals surface area contributed by atoms with Gasteiger partial charge in [-0.2, -0.15) is 0 Å². The van der Waals surface area contributed by atoms with Crippen LogP contribution in [0.3, 0.4) is 0 Å². The molecule has 1 N–H and O–H groups in total. The van der Waals surface area contributed by atoms with E-state index < -0.39 is 47.4 Å². The van der Waals surface area contributed by atoms with Crippen LogP contribution in [-0.4, -0.2) is 61.3 Å². The van der Waals surface area contributed by atoms with Gasteiger partial charge in [0.15, 0.2) is 12.3 Å². The molecule has 5 rings (SSSR count). The maximum Gasteiger partial charge on any atom is 0.330 e.